The van der Waals surface area contributed by atoms with E-state index in [1.54, 1.807) is 4.90 Å². The van der Waals surface area contributed by atoms with E-state index in [-0.39, 0.29) is 18.0 Å². The van der Waals surface area contributed by atoms with Crippen molar-refractivity contribution in [1.82, 2.24) is 10.2 Å². The van der Waals surface area contributed by atoms with Crippen molar-refractivity contribution in [3.8, 4) is 0 Å². The van der Waals surface area contributed by atoms with Crippen LogP contribution >= 0.6 is 0 Å². The maximum atomic E-state index is 12.2. The zero-order chi connectivity index (χ0) is 14.9. The molecular formula is C15H26N2O3. The van der Waals surface area contributed by atoms with Crippen molar-refractivity contribution >= 4 is 12.0 Å². The van der Waals surface area contributed by atoms with Gasteiger partial charge in [-0.1, -0.05) is 20.8 Å². The predicted molar refractivity (Wildman–Crippen MR) is 76.4 cm³/mol. The second-order valence-corrected chi connectivity index (χ2v) is 7.21. The molecule has 0 bridgehead atoms. The summed E-state index contributed by atoms with van der Waals surface area (Å²) in [7, 11) is 0. The first-order valence-corrected chi connectivity index (χ1v) is 7.57. The van der Waals surface area contributed by atoms with E-state index < -0.39 is 11.9 Å². The third-order valence-corrected chi connectivity index (χ3v) is 4.88. The molecule has 1 saturated carbocycles. The maximum absolute atomic E-state index is 12.2. The fourth-order valence-corrected chi connectivity index (χ4v) is 3.26. The number of carbonyl (C=O) groups is 2. The van der Waals surface area contributed by atoms with Crippen molar-refractivity contribution in [2.45, 2.75) is 52.5 Å². The van der Waals surface area contributed by atoms with Crippen LogP contribution in [0, 0.1) is 17.3 Å². The van der Waals surface area contributed by atoms with Gasteiger partial charge in [0, 0.05) is 19.1 Å². The van der Waals surface area contributed by atoms with Gasteiger partial charge in [-0.05, 0) is 37.0 Å². The first-order chi connectivity index (χ1) is 9.28. The second-order valence-electron chi connectivity index (χ2n) is 7.21. The van der Waals surface area contributed by atoms with E-state index in [9.17, 15) is 9.59 Å². The molecule has 0 aromatic carbocycles. The van der Waals surface area contributed by atoms with Crippen LogP contribution in [0.1, 0.15) is 46.5 Å². The molecular weight excluding hydrogens is 256 g/mol. The minimum atomic E-state index is -0.799. The van der Waals surface area contributed by atoms with Crippen LogP contribution in [0.15, 0.2) is 0 Å². The third kappa shape index (κ3) is 3.44. The van der Waals surface area contributed by atoms with Crippen LogP contribution in [0.3, 0.4) is 0 Å². The first kappa shape index (κ1) is 15.1. The lowest BCUT2D eigenvalue weighted by Crippen LogP contribution is -2.46. The minimum absolute atomic E-state index is 0.0311. The Hall–Kier alpha value is -1.26. The number of hydrogen-bond donors (Lipinski definition) is 2. The Morgan fingerprint density at radius 3 is 2.30 bits per heavy atom. The molecule has 2 N–H and O–H groups in total. The summed E-state index contributed by atoms with van der Waals surface area (Å²) >= 11 is 0. The standard InChI is InChI=1S/C15H26N2O3/c1-10-8-17(9-12(10)13(18)19)14(20)16-11-4-6-15(2,3)7-5-11/h10-12H,4-9H2,1-3H3,(H,16,20)(H,18,19). The zero-order valence-corrected chi connectivity index (χ0v) is 12.7. The normalized spacial score (nSPS) is 30.2. The zero-order valence-electron chi connectivity index (χ0n) is 12.7. The number of nitrogens with zero attached hydrogens (tertiary/aromatic N) is 1. The Labute approximate surface area is 120 Å². The Morgan fingerprint density at radius 2 is 1.80 bits per heavy atom. The van der Waals surface area contributed by atoms with Gasteiger partial charge in [0.25, 0.3) is 0 Å². The average Bonchev–Trinajstić information content (AvgIpc) is 2.74. The highest BCUT2D eigenvalue weighted by Crippen LogP contribution is 2.35. The monoisotopic (exact) mass is 282 g/mol. The number of likely N-dealkylation sites (tertiary alicyclic amines) is 1. The smallest absolute Gasteiger partial charge is 0.317 e. The molecule has 1 aliphatic heterocycles. The van der Waals surface area contributed by atoms with Crippen LogP contribution in [-0.2, 0) is 4.79 Å². The molecule has 2 atom stereocenters. The number of aliphatic carboxylic acids is 1. The largest absolute Gasteiger partial charge is 0.481 e. The number of carboxylic acid groups (broad SMARTS) is 1. The molecule has 2 amide bonds. The predicted octanol–water partition coefficient (Wildman–Crippen LogP) is 2.32. The molecule has 2 fully saturated rings. The van der Waals surface area contributed by atoms with Crippen LogP contribution in [0.4, 0.5) is 4.79 Å². The molecule has 1 aliphatic carbocycles. The highest BCUT2D eigenvalue weighted by atomic mass is 16.4. The molecule has 1 heterocycles. The van der Waals surface area contributed by atoms with Gasteiger partial charge in [0.1, 0.15) is 0 Å². The van der Waals surface area contributed by atoms with Gasteiger partial charge in [0.2, 0.25) is 0 Å². The van der Waals surface area contributed by atoms with E-state index in [2.05, 4.69) is 19.2 Å². The highest BCUT2D eigenvalue weighted by molar-refractivity contribution is 5.77. The second kappa shape index (κ2) is 5.62. The molecule has 0 aromatic heterocycles. The Morgan fingerprint density at radius 1 is 1.20 bits per heavy atom. The lowest BCUT2D eigenvalue weighted by atomic mass is 9.76. The van der Waals surface area contributed by atoms with Gasteiger partial charge in [-0.25, -0.2) is 4.79 Å². The summed E-state index contributed by atoms with van der Waals surface area (Å²) in [5.41, 5.74) is 0.387. The number of amides is 2. The SMILES string of the molecule is CC1CN(C(=O)NC2CCC(C)(C)CC2)CC1C(=O)O. The number of rotatable bonds is 2. The molecule has 0 spiro atoms. The van der Waals surface area contributed by atoms with Crippen molar-refractivity contribution in [3.05, 3.63) is 0 Å². The maximum Gasteiger partial charge on any atom is 0.317 e. The summed E-state index contributed by atoms with van der Waals surface area (Å²) in [6.07, 6.45) is 4.30. The Bertz CT molecular complexity index is 385. The van der Waals surface area contributed by atoms with Gasteiger partial charge < -0.3 is 15.3 Å². The molecule has 5 heteroatoms. The van der Waals surface area contributed by atoms with Crippen molar-refractivity contribution in [1.29, 1.82) is 0 Å². The van der Waals surface area contributed by atoms with E-state index in [4.69, 9.17) is 5.11 Å². The van der Waals surface area contributed by atoms with Gasteiger partial charge in [-0.15, -0.1) is 0 Å². The van der Waals surface area contributed by atoms with Gasteiger partial charge >= 0.3 is 12.0 Å². The lowest BCUT2D eigenvalue weighted by molar-refractivity contribution is -0.142. The van der Waals surface area contributed by atoms with Crippen LogP contribution in [0.5, 0.6) is 0 Å². The van der Waals surface area contributed by atoms with Gasteiger partial charge in [-0.2, -0.15) is 0 Å². The van der Waals surface area contributed by atoms with Gasteiger partial charge in [-0.3, -0.25) is 4.79 Å². The topological polar surface area (TPSA) is 69.6 Å². The van der Waals surface area contributed by atoms with E-state index in [0.717, 1.165) is 25.7 Å². The summed E-state index contributed by atoms with van der Waals surface area (Å²) in [6.45, 7) is 7.31. The Balaban J connectivity index is 1.83. The van der Waals surface area contributed by atoms with Crippen molar-refractivity contribution in [2.24, 2.45) is 17.3 Å². The van der Waals surface area contributed by atoms with Crippen LogP contribution in [-0.4, -0.2) is 41.1 Å². The quantitative estimate of drug-likeness (QED) is 0.816. The van der Waals surface area contributed by atoms with Crippen LogP contribution in [0.25, 0.3) is 0 Å². The molecule has 2 aliphatic rings. The van der Waals surface area contributed by atoms with E-state index in [0.29, 0.717) is 18.5 Å². The molecule has 2 unspecified atom stereocenters. The Kier molecular flexibility index (Phi) is 4.25. The van der Waals surface area contributed by atoms with E-state index in [1.165, 1.54) is 0 Å². The number of carbonyl (C=O) groups excluding carboxylic acids is 1. The fraction of sp³-hybridized carbons (Fsp3) is 0.867. The molecule has 114 valence electrons. The number of hydrogen-bond acceptors (Lipinski definition) is 2. The van der Waals surface area contributed by atoms with Crippen molar-refractivity contribution < 1.29 is 14.7 Å². The number of carboxylic acids is 1. The molecule has 2 rings (SSSR count). The average molecular weight is 282 g/mol. The van der Waals surface area contributed by atoms with E-state index in [1.807, 2.05) is 6.92 Å². The first-order valence-electron chi connectivity index (χ1n) is 7.57. The third-order valence-electron chi connectivity index (χ3n) is 4.88. The lowest BCUT2D eigenvalue weighted by Gasteiger charge is -2.35. The molecule has 1 saturated heterocycles. The summed E-state index contributed by atoms with van der Waals surface area (Å²) in [4.78, 5) is 24.9. The number of nitrogens with one attached hydrogen (secondary N) is 1. The summed E-state index contributed by atoms with van der Waals surface area (Å²) in [6, 6.07) is 0.153. The van der Waals surface area contributed by atoms with Gasteiger partial charge in [0.05, 0.1) is 5.92 Å². The molecule has 20 heavy (non-hydrogen) atoms. The summed E-state index contributed by atoms with van der Waals surface area (Å²) in [5, 5.41) is 12.2. The molecule has 0 aromatic rings. The van der Waals surface area contributed by atoms with Crippen LogP contribution in [0.2, 0.25) is 0 Å². The fourth-order valence-electron chi connectivity index (χ4n) is 3.26. The van der Waals surface area contributed by atoms with Crippen LogP contribution < -0.4 is 5.32 Å². The minimum Gasteiger partial charge on any atom is -0.481 e. The highest BCUT2D eigenvalue weighted by Gasteiger charge is 2.37. The van der Waals surface area contributed by atoms with Gasteiger partial charge in [0.15, 0.2) is 0 Å². The van der Waals surface area contributed by atoms with Crippen molar-refractivity contribution in [2.75, 3.05) is 13.1 Å². The number of urea groups is 1. The van der Waals surface area contributed by atoms with Crippen molar-refractivity contribution in [3.63, 3.8) is 0 Å². The van der Waals surface area contributed by atoms with E-state index >= 15 is 0 Å². The summed E-state index contributed by atoms with van der Waals surface area (Å²) < 4.78 is 0. The molecule has 5 nitrogen and oxygen atoms in total. The summed E-state index contributed by atoms with van der Waals surface area (Å²) in [5.74, 6) is -1.19. The molecule has 0 radical (unpaired) electrons.